The van der Waals surface area contributed by atoms with E-state index in [0.717, 1.165) is 25.9 Å². The fraction of sp³-hybridized carbons (Fsp3) is 1.00. The normalized spacial score (nSPS) is 12.0. The van der Waals surface area contributed by atoms with Crippen LogP contribution in [0.3, 0.4) is 0 Å². The second kappa shape index (κ2) is 9.49. The summed E-state index contributed by atoms with van der Waals surface area (Å²) in [7, 11) is 0. The van der Waals surface area contributed by atoms with E-state index in [1.165, 1.54) is 19.3 Å². The Morgan fingerprint density at radius 3 is 2.27 bits per heavy atom. The molecule has 15 heavy (non-hydrogen) atoms. The summed E-state index contributed by atoms with van der Waals surface area (Å²) in [5.41, 5.74) is 0. The molecule has 0 saturated carbocycles. The molecule has 0 aliphatic carbocycles. The molecule has 0 unspecified atom stereocenters. The Labute approximate surface area is 99.2 Å². The fourth-order valence-electron chi connectivity index (χ4n) is 1.72. The highest BCUT2D eigenvalue weighted by atomic mass is 32.2. The number of rotatable bonds is 10. The van der Waals surface area contributed by atoms with Crippen LogP contribution >= 0.6 is 11.8 Å². The largest absolute Gasteiger partial charge is 0.396 e. The maximum Gasteiger partial charge on any atom is 0.0431 e. The van der Waals surface area contributed by atoms with Crippen LogP contribution in [0, 0.1) is 0 Å². The van der Waals surface area contributed by atoms with E-state index in [9.17, 15) is 0 Å². The van der Waals surface area contributed by atoms with Gasteiger partial charge in [0.05, 0.1) is 0 Å². The molecule has 0 aromatic carbocycles. The van der Waals surface area contributed by atoms with Gasteiger partial charge in [0.25, 0.3) is 0 Å². The predicted octanol–water partition coefficient (Wildman–Crippen LogP) is 2.66. The van der Waals surface area contributed by atoms with Crippen molar-refractivity contribution < 1.29 is 5.11 Å². The average molecular weight is 233 g/mol. The lowest BCUT2D eigenvalue weighted by atomic mass is 10.0. The summed E-state index contributed by atoms with van der Waals surface area (Å²) in [5.74, 6) is 0. The third-order valence-electron chi connectivity index (χ3n) is 3.18. The molecule has 0 heterocycles. The van der Waals surface area contributed by atoms with E-state index in [4.69, 9.17) is 5.11 Å². The van der Waals surface area contributed by atoms with Crippen LogP contribution in [0.15, 0.2) is 0 Å². The molecule has 3 heteroatoms. The monoisotopic (exact) mass is 233 g/mol. The fourth-order valence-corrected chi connectivity index (χ4v) is 2.54. The number of aliphatic hydroxyl groups excluding tert-OH is 1. The third-order valence-corrected chi connectivity index (χ3v) is 4.77. The minimum atomic E-state index is 0.332. The molecule has 0 aromatic rings. The lowest BCUT2D eigenvalue weighted by Crippen LogP contribution is -2.37. The SMILES string of the molecule is CCC(CC)(CNCCCCCO)SC. The van der Waals surface area contributed by atoms with Gasteiger partial charge in [-0.25, -0.2) is 0 Å². The van der Waals surface area contributed by atoms with Crippen LogP contribution in [0.5, 0.6) is 0 Å². The van der Waals surface area contributed by atoms with E-state index >= 15 is 0 Å². The van der Waals surface area contributed by atoms with Crippen LogP contribution in [0.2, 0.25) is 0 Å². The van der Waals surface area contributed by atoms with E-state index in [-0.39, 0.29) is 0 Å². The Bertz CT molecular complexity index is 129. The van der Waals surface area contributed by atoms with Gasteiger partial charge < -0.3 is 10.4 Å². The van der Waals surface area contributed by atoms with E-state index in [1.807, 2.05) is 11.8 Å². The summed E-state index contributed by atoms with van der Waals surface area (Å²) >= 11 is 1.98. The first-order valence-corrected chi connectivity index (χ1v) is 7.34. The maximum atomic E-state index is 8.64. The number of aliphatic hydroxyl groups is 1. The topological polar surface area (TPSA) is 32.3 Å². The molecular weight excluding hydrogens is 206 g/mol. The molecule has 0 aliphatic heterocycles. The van der Waals surface area contributed by atoms with E-state index < -0.39 is 0 Å². The van der Waals surface area contributed by atoms with Crippen molar-refractivity contribution in [3.63, 3.8) is 0 Å². The van der Waals surface area contributed by atoms with Crippen LogP contribution in [0.4, 0.5) is 0 Å². The summed E-state index contributed by atoms with van der Waals surface area (Å²) in [5, 5.41) is 12.2. The highest BCUT2D eigenvalue weighted by Crippen LogP contribution is 2.29. The molecule has 0 bridgehead atoms. The summed E-state index contributed by atoms with van der Waals surface area (Å²) in [6.45, 7) is 7.07. The molecule has 0 rings (SSSR count). The van der Waals surface area contributed by atoms with Gasteiger partial charge in [0.1, 0.15) is 0 Å². The zero-order valence-electron chi connectivity index (χ0n) is 10.5. The van der Waals surface area contributed by atoms with Crippen molar-refractivity contribution in [1.82, 2.24) is 5.32 Å². The van der Waals surface area contributed by atoms with E-state index in [2.05, 4.69) is 25.4 Å². The first kappa shape index (κ1) is 15.3. The van der Waals surface area contributed by atoms with Crippen molar-refractivity contribution in [1.29, 1.82) is 0 Å². The highest BCUT2D eigenvalue weighted by Gasteiger charge is 2.23. The standard InChI is InChI=1S/C12H27NOS/c1-4-12(5-2,15-3)11-13-9-7-6-8-10-14/h13-14H,4-11H2,1-3H3. The van der Waals surface area contributed by atoms with Gasteiger partial charge in [-0.15, -0.1) is 0 Å². The molecule has 0 spiro atoms. The number of hydrogen-bond acceptors (Lipinski definition) is 3. The van der Waals surface area contributed by atoms with Gasteiger partial charge in [-0.2, -0.15) is 11.8 Å². The van der Waals surface area contributed by atoms with E-state index in [0.29, 0.717) is 11.4 Å². The van der Waals surface area contributed by atoms with Crippen molar-refractivity contribution in [2.75, 3.05) is 26.0 Å². The molecule has 0 atom stereocenters. The molecule has 2 nitrogen and oxygen atoms in total. The van der Waals surface area contributed by atoms with Crippen molar-refractivity contribution in [2.24, 2.45) is 0 Å². The number of unbranched alkanes of at least 4 members (excludes halogenated alkanes) is 2. The molecular formula is C12H27NOS. The van der Waals surface area contributed by atoms with Gasteiger partial charge in [-0.1, -0.05) is 13.8 Å². The summed E-state index contributed by atoms with van der Waals surface area (Å²) in [6.07, 6.45) is 7.92. The summed E-state index contributed by atoms with van der Waals surface area (Å²) in [4.78, 5) is 0. The lowest BCUT2D eigenvalue weighted by molar-refractivity contribution is 0.282. The smallest absolute Gasteiger partial charge is 0.0431 e. The molecule has 92 valence electrons. The minimum Gasteiger partial charge on any atom is -0.396 e. The maximum absolute atomic E-state index is 8.64. The van der Waals surface area contributed by atoms with Crippen LogP contribution in [-0.4, -0.2) is 35.8 Å². The first-order valence-electron chi connectivity index (χ1n) is 6.11. The van der Waals surface area contributed by atoms with Crippen molar-refractivity contribution >= 4 is 11.8 Å². The van der Waals surface area contributed by atoms with Crippen molar-refractivity contribution in [2.45, 2.75) is 50.7 Å². The quantitative estimate of drug-likeness (QED) is 0.569. The van der Waals surface area contributed by atoms with Gasteiger partial charge in [0.2, 0.25) is 0 Å². The molecule has 0 fully saturated rings. The average Bonchev–Trinajstić information content (AvgIpc) is 2.29. The second-order valence-corrected chi connectivity index (χ2v) is 5.33. The van der Waals surface area contributed by atoms with Crippen molar-refractivity contribution in [3.8, 4) is 0 Å². The molecule has 0 saturated heterocycles. The summed E-state index contributed by atoms with van der Waals surface area (Å²) < 4.78 is 0.428. The zero-order valence-corrected chi connectivity index (χ0v) is 11.3. The summed E-state index contributed by atoms with van der Waals surface area (Å²) in [6, 6.07) is 0. The molecule has 0 aliphatic rings. The van der Waals surface area contributed by atoms with Gasteiger partial charge in [0.15, 0.2) is 0 Å². The zero-order chi connectivity index (χ0) is 11.6. The molecule has 0 aromatic heterocycles. The number of nitrogens with one attached hydrogen (secondary N) is 1. The second-order valence-electron chi connectivity index (χ2n) is 4.06. The third kappa shape index (κ3) is 6.44. The van der Waals surface area contributed by atoms with Crippen LogP contribution in [0.25, 0.3) is 0 Å². The predicted molar refractivity (Wildman–Crippen MR) is 70.6 cm³/mol. The van der Waals surface area contributed by atoms with Gasteiger partial charge >= 0.3 is 0 Å². The van der Waals surface area contributed by atoms with Crippen LogP contribution in [0.1, 0.15) is 46.0 Å². The van der Waals surface area contributed by atoms with Gasteiger partial charge in [-0.3, -0.25) is 0 Å². The highest BCUT2D eigenvalue weighted by molar-refractivity contribution is 8.00. The van der Waals surface area contributed by atoms with Crippen LogP contribution < -0.4 is 5.32 Å². The Morgan fingerprint density at radius 1 is 1.13 bits per heavy atom. The first-order chi connectivity index (χ1) is 7.24. The lowest BCUT2D eigenvalue weighted by Gasteiger charge is -2.30. The van der Waals surface area contributed by atoms with Crippen LogP contribution in [-0.2, 0) is 0 Å². The van der Waals surface area contributed by atoms with E-state index in [1.54, 1.807) is 0 Å². The Balaban J connectivity index is 3.54. The Morgan fingerprint density at radius 2 is 1.80 bits per heavy atom. The van der Waals surface area contributed by atoms with Gasteiger partial charge in [0, 0.05) is 17.9 Å². The Hall–Kier alpha value is 0.270. The van der Waals surface area contributed by atoms with Gasteiger partial charge in [-0.05, 0) is 44.9 Å². The Kier molecular flexibility index (Phi) is 9.66. The number of hydrogen-bond donors (Lipinski definition) is 2. The van der Waals surface area contributed by atoms with Crippen molar-refractivity contribution in [3.05, 3.63) is 0 Å². The number of thioether (sulfide) groups is 1. The molecule has 2 N–H and O–H groups in total. The molecule has 0 amide bonds. The molecule has 0 radical (unpaired) electrons. The minimum absolute atomic E-state index is 0.332.